The number of ether oxygens (including phenoxy) is 1. The first-order chi connectivity index (χ1) is 14.7. The SMILES string of the molecule is CCS(=O)(=O)c1cnc(-c2ccc(OC)c(Cl)c2)nc1NC1CCN(CC(=O)O)CC1. The van der Waals surface area contributed by atoms with Gasteiger partial charge in [0.2, 0.25) is 0 Å². The number of hydrogen-bond donors (Lipinski definition) is 2. The first-order valence-corrected chi connectivity index (χ1v) is 11.9. The molecule has 2 N–H and O–H groups in total. The lowest BCUT2D eigenvalue weighted by molar-refractivity contribution is -0.138. The molecule has 1 aliphatic heterocycles. The number of piperidine rings is 1. The molecule has 9 nitrogen and oxygen atoms in total. The van der Waals surface area contributed by atoms with E-state index >= 15 is 0 Å². The number of halogens is 1. The summed E-state index contributed by atoms with van der Waals surface area (Å²) in [5.41, 5.74) is 0.630. The predicted molar refractivity (Wildman–Crippen MR) is 117 cm³/mol. The molecule has 0 amide bonds. The summed E-state index contributed by atoms with van der Waals surface area (Å²) in [4.78, 5) is 21.6. The molecule has 1 aliphatic rings. The molecule has 31 heavy (non-hydrogen) atoms. The van der Waals surface area contributed by atoms with Gasteiger partial charge in [0.1, 0.15) is 16.5 Å². The van der Waals surface area contributed by atoms with Crippen molar-refractivity contribution in [1.29, 1.82) is 0 Å². The van der Waals surface area contributed by atoms with Crippen LogP contribution in [0.4, 0.5) is 5.82 Å². The van der Waals surface area contributed by atoms with Gasteiger partial charge in [-0.15, -0.1) is 0 Å². The Kier molecular flexibility index (Phi) is 7.34. The molecular weight excluding hydrogens is 444 g/mol. The molecule has 0 unspecified atom stereocenters. The highest BCUT2D eigenvalue weighted by Gasteiger charge is 2.25. The van der Waals surface area contributed by atoms with Crippen molar-refractivity contribution >= 4 is 33.2 Å². The van der Waals surface area contributed by atoms with Crippen LogP contribution in [0.25, 0.3) is 11.4 Å². The van der Waals surface area contributed by atoms with Crippen LogP contribution in [0.15, 0.2) is 29.3 Å². The Hall–Kier alpha value is -2.43. The van der Waals surface area contributed by atoms with Crippen LogP contribution in [0.1, 0.15) is 19.8 Å². The van der Waals surface area contributed by atoms with Gasteiger partial charge >= 0.3 is 5.97 Å². The van der Waals surface area contributed by atoms with Crippen LogP contribution in [-0.4, -0.2) is 72.9 Å². The average molecular weight is 469 g/mol. The number of sulfone groups is 1. The van der Waals surface area contributed by atoms with Crippen molar-refractivity contribution in [3.8, 4) is 17.1 Å². The van der Waals surface area contributed by atoms with Gasteiger partial charge < -0.3 is 15.2 Å². The average Bonchev–Trinajstić information content (AvgIpc) is 2.74. The zero-order valence-electron chi connectivity index (χ0n) is 17.3. The minimum atomic E-state index is -3.55. The highest BCUT2D eigenvalue weighted by Crippen LogP contribution is 2.31. The zero-order valence-corrected chi connectivity index (χ0v) is 18.9. The van der Waals surface area contributed by atoms with E-state index in [-0.39, 0.29) is 29.1 Å². The minimum absolute atomic E-state index is 0.00192. The van der Waals surface area contributed by atoms with Gasteiger partial charge in [-0.25, -0.2) is 18.4 Å². The summed E-state index contributed by atoms with van der Waals surface area (Å²) < 4.78 is 30.3. The summed E-state index contributed by atoms with van der Waals surface area (Å²) in [5, 5.41) is 12.6. The maximum absolute atomic E-state index is 12.6. The number of nitrogens with zero attached hydrogens (tertiary/aromatic N) is 3. The molecule has 0 atom stereocenters. The molecule has 2 heterocycles. The van der Waals surface area contributed by atoms with Gasteiger partial charge in [0.05, 0.1) is 30.6 Å². The number of likely N-dealkylation sites (tertiary alicyclic amines) is 1. The first kappa shape index (κ1) is 23.2. The smallest absolute Gasteiger partial charge is 0.317 e. The van der Waals surface area contributed by atoms with Crippen LogP contribution >= 0.6 is 11.6 Å². The molecule has 1 fully saturated rings. The third kappa shape index (κ3) is 5.63. The van der Waals surface area contributed by atoms with Crippen molar-refractivity contribution in [2.45, 2.75) is 30.7 Å². The van der Waals surface area contributed by atoms with Crippen molar-refractivity contribution in [2.24, 2.45) is 0 Å². The van der Waals surface area contributed by atoms with Crippen LogP contribution < -0.4 is 10.1 Å². The van der Waals surface area contributed by atoms with Crippen molar-refractivity contribution in [2.75, 3.05) is 37.8 Å². The second-order valence-electron chi connectivity index (χ2n) is 7.25. The topological polar surface area (TPSA) is 122 Å². The van der Waals surface area contributed by atoms with E-state index in [1.165, 1.54) is 13.3 Å². The van der Waals surface area contributed by atoms with Gasteiger partial charge in [0, 0.05) is 24.7 Å². The quantitative estimate of drug-likeness (QED) is 0.601. The van der Waals surface area contributed by atoms with Gasteiger partial charge in [0.15, 0.2) is 15.7 Å². The fourth-order valence-electron chi connectivity index (χ4n) is 3.42. The summed E-state index contributed by atoms with van der Waals surface area (Å²) in [5.74, 6) is 0.166. The zero-order chi connectivity index (χ0) is 22.6. The highest BCUT2D eigenvalue weighted by molar-refractivity contribution is 7.91. The van der Waals surface area contributed by atoms with E-state index in [1.807, 2.05) is 4.90 Å². The lowest BCUT2D eigenvalue weighted by Crippen LogP contribution is -2.41. The Balaban J connectivity index is 1.89. The summed E-state index contributed by atoms with van der Waals surface area (Å²) in [6, 6.07) is 5.08. The molecule has 11 heteroatoms. The van der Waals surface area contributed by atoms with E-state index in [2.05, 4.69) is 15.3 Å². The van der Waals surface area contributed by atoms with Gasteiger partial charge in [-0.1, -0.05) is 18.5 Å². The Labute approximate surface area is 186 Å². The third-order valence-corrected chi connectivity index (χ3v) is 7.19. The number of carboxylic acid groups (broad SMARTS) is 1. The van der Waals surface area contributed by atoms with Gasteiger partial charge in [0.25, 0.3) is 0 Å². The lowest BCUT2D eigenvalue weighted by Gasteiger charge is -2.31. The summed E-state index contributed by atoms with van der Waals surface area (Å²) in [7, 11) is -2.03. The van der Waals surface area contributed by atoms with Gasteiger partial charge in [-0.2, -0.15) is 0 Å². The number of benzene rings is 1. The number of carbonyl (C=O) groups is 1. The largest absolute Gasteiger partial charge is 0.495 e. The number of aliphatic carboxylic acids is 1. The fourth-order valence-corrected chi connectivity index (χ4v) is 4.60. The number of aromatic nitrogens is 2. The fraction of sp³-hybridized carbons (Fsp3) is 0.450. The highest BCUT2D eigenvalue weighted by atomic mass is 35.5. The van der Waals surface area contributed by atoms with Gasteiger partial charge in [-0.3, -0.25) is 9.69 Å². The molecule has 168 valence electrons. The standard InChI is InChI=1S/C20H25ClN4O5S/c1-3-31(28,29)17-11-22-19(13-4-5-16(30-2)15(21)10-13)24-20(17)23-14-6-8-25(9-7-14)12-18(26)27/h4-5,10-11,14H,3,6-9,12H2,1-2H3,(H,26,27)(H,22,23,24). The Bertz CT molecular complexity index is 1060. The lowest BCUT2D eigenvalue weighted by atomic mass is 10.1. The van der Waals surface area contributed by atoms with Crippen LogP contribution in [0.2, 0.25) is 5.02 Å². The Morgan fingerprint density at radius 3 is 2.65 bits per heavy atom. The van der Waals surface area contributed by atoms with E-state index in [0.717, 1.165) is 0 Å². The molecule has 2 aromatic rings. The molecule has 1 saturated heterocycles. The van der Waals surface area contributed by atoms with Crippen molar-refractivity contribution in [3.05, 3.63) is 29.4 Å². The molecule has 1 aromatic carbocycles. The van der Waals surface area contributed by atoms with E-state index in [1.54, 1.807) is 25.1 Å². The summed E-state index contributed by atoms with van der Waals surface area (Å²) in [6.07, 6.45) is 2.67. The second kappa shape index (κ2) is 9.80. The van der Waals surface area contributed by atoms with E-state index in [0.29, 0.717) is 48.1 Å². The monoisotopic (exact) mass is 468 g/mol. The number of rotatable bonds is 8. The molecule has 0 bridgehead atoms. The predicted octanol–water partition coefficient (Wildman–Crippen LogP) is 2.56. The molecular formula is C20H25ClN4O5S. The molecule has 0 spiro atoms. The summed E-state index contributed by atoms with van der Waals surface area (Å²) >= 11 is 6.21. The van der Waals surface area contributed by atoms with E-state index < -0.39 is 15.8 Å². The number of anilines is 1. The van der Waals surface area contributed by atoms with Gasteiger partial charge in [-0.05, 0) is 31.0 Å². The van der Waals surface area contributed by atoms with Crippen LogP contribution in [0, 0.1) is 0 Å². The Morgan fingerprint density at radius 2 is 2.06 bits per heavy atom. The number of nitrogens with one attached hydrogen (secondary N) is 1. The molecule has 3 rings (SSSR count). The Morgan fingerprint density at radius 1 is 1.35 bits per heavy atom. The number of hydrogen-bond acceptors (Lipinski definition) is 8. The van der Waals surface area contributed by atoms with Crippen LogP contribution in [0.5, 0.6) is 5.75 Å². The molecule has 0 radical (unpaired) electrons. The normalized spacial score (nSPS) is 15.6. The maximum atomic E-state index is 12.6. The maximum Gasteiger partial charge on any atom is 0.317 e. The van der Waals surface area contributed by atoms with E-state index in [9.17, 15) is 13.2 Å². The molecule has 0 aliphatic carbocycles. The minimum Gasteiger partial charge on any atom is -0.495 e. The number of carboxylic acids is 1. The van der Waals surface area contributed by atoms with Crippen LogP contribution in [-0.2, 0) is 14.6 Å². The van der Waals surface area contributed by atoms with E-state index in [4.69, 9.17) is 21.4 Å². The first-order valence-electron chi connectivity index (χ1n) is 9.88. The molecule has 1 aromatic heterocycles. The van der Waals surface area contributed by atoms with Crippen molar-refractivity contribution in [1.82, 2.24) is 14.9 Å². The second-order valence-corrected chi connectivity index (χ2v) is 9.90. The summed E-state index contributed by atoms with van der Waals surface area (Å²) in [6.45, 7) is 2.77. The van der Waals surface area contributed by atoms with Crippen molar-refractivity contribution in [3.63, 3.8) is 0 Å². The third-order valence-electron chi connectivity index (χ3n) is 5.17. The number of methoxy groups -OCH3 is 1. The molecule has 0 saturated carbocycles. The van der Waals surface area contributed by atoms with Crippen LogP contribution in [0.3, 0.4) is 0 Å². The van der Waals surface area contributed by atoms with Crippen molar-refractivity contribution < 1.29 is 23.1 Å².